The molecule has 2 N–H and O–H groups in total. The molecule has 1 spiro atoms. The molecular formula is C27H40N6O5. The van der Waals surface area contributed by atoms with Crippen LogP contribution in [0.5, 0.6) is 0 Å². The van der Waals surface area contributed by atoms with Crippen LogP contribution in [0.4, 0.5) is 10.6 Å². The number of hydrogen-bond acceptors (Lipinski definition) is 9. The summed E-state index contributed by atoms with van der Waals surface area (Å²) in [7, 11) is 0. The molecule has 4 aliphatic rings. The first-order chi connectivity index (χ1) is 17.9. The molecule has 208 valence electrons. The van der Waals surface area contributed by atoms with E-state index in [-0.39, 0.29) is 29.9 Å². The zero-order valence-electron chi connectivity index (χ0n) is 23.1. The lowest BCUT2D eigenvalue weighted by atomic mass is 9.86. The van der Waals surface area contributed by atoms with E-state index < -0.39 is 17.6 Å². The van der Waals surface area contributed by atoms with Crippen molar-refractivity contribution in [3.63, 3.8) is 0 Å². The molecule has 1 unspecified atom stereocenters. The third kappa shape index (κ3) is 4.53. The Kier molecular flexibility index (Phi) is 6.14. The van der Waals surface area contributed by atoms with Gasteiger partial charge in [0.25, 0.3) is 0 Å². The molecule has 0 aliphatic carbocycles. The highest BCUT2D eigenvalue weighted by Crippen LogP contribution is 2.45. The fraction of sp³-hybridized carbons (Fsp3) is 0.741. The third-order valence-electron chi connectivity index (χ3n) is 8.22. The molecule has 38 heavy (non-hydrogen) atoms. The van der Waals surface area contributed by atoms with Gasteiger partial charge in [-0.15, -0.1) is 0 Å². The first-order valence-corrected chi connectivity index (χ1v) is 13.8. The number of anilines is 1. The summed E-state index contributed by atoms with van der Waals surface area (Å²) in [6.07, 6.45) is 6.09. The second-order valence-corrected chi connectivity index (χ2v) is 12.6. The summed E-state index contributed by atoms with van der Waals surface area (Å²) in [6, 6.07) is 1.91. The normalized spacial score (nSPS) is 33.3. The molecule has 2 aromatic heterocycles. The molecule has 5 atom stereocenters. The van der Waals surface area contributed by atoms with Crippen LogP contribution in [0, 0.1) is 0 Å². The Labute approximate surface area is 223 Å². The van der Waals surface area contributed by atoms with Crippen LogP contribution in [0.1, 0.15) is 66.5 Å². The highest BCUT2D eigenvalue weighted by atomic mass is 16.8. The minimum atomic E-state index is -0.714. The zero-order chi connectivity index (χ0) is 26.9. The number of nitrogens with two attached hydrogens (primary N) is 1. The molecule has 1 amide bonds. The number of fused-ring (bicyclic) bond motifs is 2. The lowest BCUT2D eigenvalue weighted by molar-refractivity contribution is -0.198. The first-order valence-electron chi connectivity index (χ1n) is 13.8. The van der Waals surface area contributed by atoms with Crippen molar-refractivity contribution < 1.29 is 23.7 Å². The number of rotatable bonds is 3. The summed E-state index contributed by atoms with van der Waals surface area (Å²) >= 11 is 0. The zero-order valence-corrected chi connectivity index (χ0v) is 23.1. The van der Waals surface area contributed by atoms with Gasteiger partial charge in [0.1, 0.15) is 41.7 Å². The van der Waals surface area contributed by atoms with E-state index in [0.717, 1.165) is 50.7 Å². The summed E-state index contributed by atoms with van der Waals surface area (Å²) in [5.74, 6) is -0.275. The van der Waals surface area contributed by atoms with Gasteiger partial charge in [0.15, 0.2) is 12.0 Å². The van der Waals surface area contributed by atoms with Crippen molar-refractivity contribution in [1.29, 1.82) is 0 Å². The maximum absolute atomic E-state index is 13.1. The van der Waals surface area contributed by atoms with E-state index in [0.29, 0.717) is 18.0 Å². The Bertz CT molecular complexity index is 1210. The molecule has 0 bridgehead atoms. The summed E-state index contributed by atoms with van der Waals surface area (Å²) in [5, 5.41) is 0.788. The summed E-state index contributed by atoms with van der Waals surface area (Å²) < 4.78 is 27.2. The molecule has 0 radical (unpaired) electrons. The van der Waals surface area contributed by atoms with Gasteiger partial charge < -0.3 is 34.1 Å². The van der Waals surface area contributed by atoms with Crippen LogP contribution in [-0.2, 0) is 18.9 Å². The molecule has 4 aliphatic heterocycles. The maximum Gasteiger partial charge on any atom is 0.410 e. The predicted molar refractivity (Wildman–Crippen MR) is 140 cm³/mol. The van der Waals surface area contributed by atoms with Gasteiger partial charge in [-0.05, 0) is 72.9 Å². The minimum Gasteiger partial charge on any atom is -0.444 e. The van der Waals surface area contributed by atoms with E-state index >= 15 is 0 Å². The van der Waals surface area contributed by atoms with Crippen LogP contribution >= 0.6 is 0 Å². The molecule has 4 saturated heterocycles. The molecule has 11 heteroatoms. The van der Waals surface area contributed by atoms with Crippen LogP contribution in [0.15, 0.2) is 18.6 Å². The van der Waals surface area contributed by atoms with Crippen molar-refractivity contribution in [2.24, 2.45) is 0 Å². The first kappa shape index (κ1) is 25.8. The molecule has 0 aromatic carbocycles. The minimum absolute atomic E-state index is 0.199. The van der Waals surface area contributed by atoms with Crippen LogP contribution in [-0.4, -0.2) is 91.8 Å². The van der Waals surface area contributed by atoms with E-state index in [1.807, 2.05) is 56.3 Å². The largest absolute Gasteiger partial charge is 0.444 e. The second-order valence-electron chi connectivity index (χ2n) is 12.6. The van der Waals surface area contributed by atoms with Crippen LogP contribution in [0.25, 0.3) is 11.0 Å². The molecule has 4 fully saturated rings. The fourth-order valence-corrected chi connectivity index (χ4v) is 6.81. The molecule has 0 saturated carbocycles. The van der Waals surface area contributed by atoms with Crippen LogP contribution in [0.2, 0.25) is 0 Å². The standard InChI is InChI=1S/C27H40N6O5/c1-25(2,3)38-24(34)33-12-7-10-27(33)9-6-11-31(15-27)14-18-19-20(37-26(4,5)36-19)23(35-18)32-13-8-17-21(28)29-16-30-22(17)32/h8,13,16,18-20,23H,6-7,9-12,14-15H2,1-5H3,(H2,28,29,30)/t18-,19-,20-,23-,27?/m1/s1. The summed E-state index contributed by atoms with van der Waals surface area (Å²) in [5.41, 5.74) is 6.09. The van der Waals surface area contributed by atoms with Gasteiger partial charge in [-0.1, -0.05) is 0 Å². The number of piperidine rings is 1. The number of nitrogen functional groups attached to an aromatic ring is 1. The number of amides is 1. The number of hydrogen-bond donors (Lipinski definition) is 1. The monoisotopic (exact) mass is 528 g/mol. The number of ether oxygens (including phenoxy) is 4. The van der Waals surface area contributed by atoms with Gasteiger partial charge in [0.05, 0.1) is 10.9 Å². The summed E-state index contributed by atoms with van der Waals surface area (Å²) in [4.78, 5) is 26.1. The van der Waals surface area contributed by atoms with Gasteiger partial charge in [-0.2, -0.15) is 0 Å². The Morgan fingerprint density at radius 1 is 1.16 bits per heavy atom. The predicted octanol–water partition coefficient (Wildman–Crippen LogP) is 3.30. The van der Waals surface area contributed by atoms with E-state index in [9.17, 15) is 4.79 Å². The van der Waals surface area contributed by atoms with E-state index in [2.05, 4.69) is 14.9 Å². The SMILES string of the molecule is CC(C)(C)OC(=O)N1CCCC12CCCN(C[C@H]1O[C@@H](n3ccc4c(N)ncnc43)[C@@H]3OC(C)(C)O[C@@H]31)C2. The second kappa shape index (κ2) is 9.04. The van der Waals surface area contributed by atoms with E-state index in [1.54, 1.807) is 0 Å². The van der Waals surface area contributed by atoms with Crippen molar-refractivity contribution >= 4 is 22.9 Å². The fourth-order valence-electron chi connectivity index (χ4n) is 6.81. The quantitative estimate of drug-likeness (QED) is 0.640. The Hall–Kier alpha value is -2.47. The molecule has 6 rings (SSSR count). The van der Waals surface area contributed by atoms with Gasteiger partial charge >= 0.3 is 6.09 Å². The van der Waals surface area contributed by atoms with Crippen molar-refractivity contribution in [3.05, 3.63) is 18.6 Å². The van der Waals surface area contributed by atoms with Crippen molar-refractivity contribution in [1.82, 2.24) is 24.3 Å². The molecule has 2 aromatic rings. The average molecular weight is 529 g/mol. The van der Waals surface area contributed by atoms with Crippen LogP contribution in [0.3, 0.4) is 0 Å². The molecule has 6 heterocycles. The number of nitrogens with zero attached hydrogens (tertiary/aromatic N) is 5. The molecular weight excluding hydrogens is 488 g/mol. The highest BCUT2D eigenvalue weighted by Gasteiger charge is 2.57. The van der Waals surface area contributed by atoms with Gasteiger partial charge in [0.2, 0.25) is 0 Å². The van der Waals surface area contributed by atoms with E-state index in [1.165, 1.54) is 6.33 Å². The number of likely N-dealkylation sites (tertiary alicyclic amines) is 2. The topological polar surface area (TPSA) is 117 Å². The summed E-state index contributed by atoms with van der Waals surface area (Å²) in [6.45, 7) is 12.8. The number of carbonyl (C=O) groups is 1. The van der Waals surface area contributed by atoms with E-state index in [4.69, 9.17) is 24.7 Å². The lowest BCUT2D eigenvalue weighted by Gasteiger charge is -2.46. The van der Waals surface area contributed by atoms with Gasteiger partial charge in [-0.3, -0.25) is 4.90 Å². The number of carbonyl (C=O) groups excluding carboxylic acids is 1. The van der Waals surface area contributed by atoms with Crippen molar-refractivity contribution in [2.45, 2.75) is 102 Å². The maximum atomic E-state index is 13.1. The van der Waals surface area contributed by atoms with Gasteiger partial charge in [-0.25, -0.2) is 14.8 Å². The highest BCUT2D eigenvalue weighted by molar-refractivity contribution is 5.86. The third-order valence-corrected chi connectivity index (χ3v) is 8.22. The van der Waals surface area contributed by atoms with Crippen molar-refractivity contribution in [3.8, 4) is 0 Å². The Morgan fingerprint density at radius 2 is 1.89 bits per heavy atom. The lowest BCUT2D eigenvalue weighted by Crippen LogP contribution is -2.59. The average Bonchev–Trinajstić information content (AvgIpc) is 3.56. The Morgan fingerprint density at radius 3 is 2.66 bits per heavy atom. The van der Waals surface area contributed by atoms with Gasteiger partial charge in [0, 0.05) is 25.8 Å². The van der Waals surface area contributed by atoms with Crippen molar-refractivity contribution in [2.75, 3.05) is 31.9 Å². The Balaban J connectivity index is 1.22. The van der Waals surface area contributed by atoms with Crippen LogP contribution < -0.4 is 5.73 Å². The number of aromatic nitrogens is 3. The smallest absolute Gasteiger partial charge is 0.410 e. The molecule has 11 nitrogen and oxygen atoms in total.